The molecule has 0 aromatic carbocycles. The number of nitrogens with one attached hydrogen (secondary N) is 2. The van der Waals surface area contributed by atoms with Crippen LogP contribution >= 0.6 is 24.0 Å². The highest BCUT2D eigenvalue weighted by molar-refractivity contribution is 14.0. The highest BCUT2D eigenvalue weighted by Gasteiger charge is 2.18. The van der Waals surface area contributed by atoms with Crippen molar-refractivity contribution in [2.75, 3.05) is 32.7 Å². The lowest BCUT2D eigenvalue weighted by atomic mass is 9.97. The second-order valence-electron chi connectivity index (χ2n) is 7.23. The largest absolute Gasteiger partial charge is 0.359 e. The molecule has 1 aromatic rings. The summed E-state index contributed by atoms with van der Waals surface area (Å²) in [5, 5.41) is 10.9. The lowest BCUT2D eigenvalue weighted by molar-refractivity contribution is 0.185. The average molecular weight is 477 g/mol. The maximum atomic E-state index is 5.37. The minimum absolute atomic E-state index is 0. The van der Waals surface area contributed by atoms with E-state index < -0.39 is 0 Å². The summed E-state index contributed by atoms with van der Waals surface area (Å²) in [6.07, 6.45) is 3.79. The van der Waals surface area contributed by atoms with Crippen molar-refractivity contribution in [3.63, 3.8) is 0 Å². The average Bonchev–Trinajstić information content (AvgIpc) is 3.08. The van der Waals surface area contributed by atoms with Crippen LogP contribution in [0.2, 0.25) is 0 Å². The Balaban J connectivity index is 0.00000338. The van der Waals surface area contributed by atoms with Crippen LogP contribution in [0.1, 0.15) is 64.3 Å². The second-order valence-corrected chi connectivity index (χ2v) is 7.23. The fourth-order valence-corrected chi connectivity index (χ4v) is 3.15. The van der Waals surface area contributed by atoms with E-state index in [0.717, 1.165) is 36.4 Å². The first-order valence-electron chi connectivity index (χ1n) is 9.82. The van der Waals surface area contributed by atoms with Crippen LogP contribution in [0, 0.1) is 5.92 Å². The highest BCUT2D eigenvalue weighted by atomic mass is 127. The highest BCUT2D eigenvalue weighted by Crippen LogP contribution is 2.17. The molecule has 0 amide bonds. The van der Waals surface area contributed by atoms with E-state index >= 15 is 0 Å². The zero-order valence-electron chi connectivity index (χ0n) is 16.8. The Morgan fingerprint density at radius 3 is 2.62 bits per heavy atom. The van der Waals surface area contributed by atoms with Gasteiger partial charge >= 0.3 is 0 Å². The van der Waals surface area contributed by atoms with Gasteiger partial charge in [-0.3, -0.25) is 0 Å². The van der Waals surface area contributed by atoms with Crippen molar-refractivity contribution in [1.29, 1.82) is 0 Å². The third-order valence-electron chi connectivity index (χ3n) is 4.71. The van der Waals surface area contributed by atoms with Gasteiger partial charge in [-0.1, -0.05) is 25.9 Å². The second kappa shape index (κ2) is 12.5. The van der Waals surface area contributed by atoms with Crippen LogP contribution in [0.4, 0.5) is 0 Å². The quantitative estimate of drug-likeness (QED) is 0.341. The molecule has 150 valence electrons. The molecule has 2 N–H and O–H groups in total. The standard InChI is InChI=1S/C19H35N5O.HI/c1-5-9-24-10-7-16(8-11-24)13-21-19(20-6-2)22-14-17-12-18(15(3)4)23-25-17;/h12,15-16H,5-11,13-14H2,1-4H3,(H2,20,21,22);1H. The Hall–Kier alpha value is -0.830. The predicted molar refractivity (Wildman–Crippen MR) is 118 cm³/mol. The summed E-state index contributed by atoms with van der Waals surface area (Å²) in [6, 6.07) is 2.00. The van der Waals surface area contributed by atoms with Gasteiger partial charge in [0.05, 0.1) is 5.69 Å². The normalized spacial score (nSPS) is 16.6. The molecule has 1 fully saturated rings. The van der Waals surface area contributed by atoms with Gasteiger partial charge < -0.3 is 20.1 Å². The van der Waals surface area contributed by atoms with Gasteiger partial charge in [0, 0.05) is 19.2 Å². The van der Waals surface area contributed by atoms with Gasteiger partial charge in [-0.25, -0.2) is 4.99 Å². The molecule has 0 spiro atoms. The molecular formula is C19H36IN5O. The monoisotopic (exact) mass is 477 g/mol. The molecule has 0 aliphatic carbocycles. The molecule has 0 radical (unpaired) electrons. The number of hydrogen-bond donors (Lipinski definition) is 2. The molecule has 1 aliphatic heterocycles. The van der Waals surface area contributed by atoms with E-state index in [-0.39, 0.29) is 24.0 Å². The van der Waals surface area contributed by atoms with E-state index in [4.69, 9.17) is 4.52 Å². The third-order valence-corrected chi connectivity index (χ3v) is 4.71. The van der Waals surface area contributed by atoms with E-state index in [9.17, 15) is 0 Å². The first-order valence-corrected chi connectivity index (χ1v) is 9.82. The number of hydrogen-bond acceptors (Lipinski definition) is 4. The molecular weight excluding hydrogens is 441 g/mol. The van der Waals surface area contributed by atoms with Crippen molar-refractivity contribution in [2.45, 2.75) is 59.4 Å². The van der Waals surface area contributed by atoms with Crippen LogP contribution in [0.15, 0.2) is 15.6 Å². The zero-order chi connectivity index (χ0) is 18.1. The molecule has 0 unspecified atom stereocenters. The molecule has 7 heteroatoms. The lowest BCUT2D eigenvalue weighted by Crippen LogP contribution is -2.43. The van der Waals surface area contributed by atoms with Crippen LogP contribution in [0.3, 0.4) is 0 Å². The number of guanidine groups is 1. The summed E-state index contributed by atoms with van der Waals surface area (Å²) in [7, 11) is 0. The van der Waals surface area contributed by atoms with Crippen molar-refractivity contribution >= 4 is 29.9 Å². The first-order chi connectivity index (χ1) is 12.1. The van der Waals surface area contributed by atoms with Gasteiger partial charge in [-0.05, 0) is 57.7 Å². The Morgan fingerprint density at radius 1 is 1.31 bits per heavy atom. The molecule has 1 aliphatic rings. The molecule has 0 atom stereocenters. The molecule has 1 aromatic heterocycles. The van der Waals surface area contributed by atoms with E-state index in [2.05, 4.69) is 53.4 Å². The SMILES string of the molecule is CCCN1CCC(CNC(=NCc2cc(C(C)C)no2)NCC)CC1.I. The minimum Gasteiger partial charge on any atom is -0.359 e. The number of aliphatic imine (C=N–C) groups is 1. The smallest absolute Gasteiger partial charge is 0.191 e. The van der Waals surface area contributed by atoms with Crippen molar-refractivity contribution < 1.29 is 4.52 Å². The molecule has 2 heterocycles. The summed E-state index contributed by atoms with van der Waals surface area (Å²) < 4.78 is 5.37. The fraction of sp³-hybridized carbons (Fsp3) is 0.789. The van der Waals surface area contributed by atoms with Crippen molar-refractivity contribution in [3.05, 3.63) is 17.5 Å². The number of halogens is 1. The third kappa shape index (κ3) is 7.82. The Bertz CT molecular complexity index is 524. The summed E-state index contributed by atoms with van der Waals surface area (Å²) in [5.74, 6) is 2.79. The number of piperidine rings is 1. The van der Waals surface area contributed by atoms with Crippen molar-refractivity contribution in [1.82, 2.24) is 20.7 Å². The Morgan fingerprint density at radius 2 is 2.04 bits per heavy atom. The van der Waals surface area contributed by atoms with Gasteiger partial charge in [0.15, 0.2) is 11.7 Å². The van der Waals surface area contributed by atoms with E-state index in [1.165, 1.54) is 38.9 Å². The van der Waals surface area contributed by atoms with Crippen LogP contribution in [0.25, 0.3) is 0 Å². The topological polar surface area (TPSA) is 65.7 Å². The van der Waals surface area contributed by atoms with Crippen LogP contribution in [-0.4, -0.2) is 48.7 Å². The Kier molecular flexibility index (Phi) is 11.2. The minimum atomic E-state index is 0. The van der Waals surface area contributed by atoms with Crippen LogP contribution < -0.4 is 10.6 Å². The zero-order valence-corrected chi connectivity index (χ0v) is 19.1. The molecule has 0 saturated carbocycles. The van der Waals surface area contributed by atoms with Gasteiger partial charge in [0.1, 0.15) is 6.54 Å². The number of likely N-dealkylation sites (tertiary alicyclic amines) is 1. The van der Waals surface area contributed by atoms with E-state index in [0.29, 0.717) is 12.5 Å². The van der Waals surface area contributed by atoms with Gasteiger partial charge in [-0.2, -0.15) is 0 Å². The predicted octanol–water partition coefficient (Wildman–Crippen LogP) is 3.59. The maximum absolute atomic E-state index is 5.37. The van der Waals surface area contributed by atoms with Crippen LogP contribution in [-0.2, 0) is 6.54 Å². The summed E-state index contributed by atoms with van der Waals surface area (Å²) >= 11 is 0. The van der Waals surface area contributed by atoms with Crippen molar-refractivity contribution in [2.24, 2.45) is 10.9 Å². The van der Waals surface area contributed by atoms with Gasteiger partial charge in [-0.15, -0.1) is 24.0 Å². The number of rotatable bonds is 8. The lowest BCUT2D eigenvalue weighted by Gasteiger charge is -2.32. The first kappa shape index (κ1) is 23.2. The molecule has 2 rings (SSSR count). The van der Waals surface area contributed by atoms with Gasteiger partial charge in [0.25, 0.3) is 0 Å². The number of aromatic nitrogens is 1. The van der Waals surface area contributed by atoms with Crippen LogP contribution in [0.5, 0.6) is 0 Å². The van der Waals surface area contributed by atoms with Gasteiger partial charge in [0.2, 0.25) is 0 Å². The summed E-state index contributed by atoms with van der Waals surface area (Å²) in [4.78, 5) is 7.21. The molecule has 6 nitrogen and oxygen atoms in total. The maximum Gasteiger partial charge on any atom is 0.191 e. The Labute approximate surface area is 175 Å². The molecule has 0 bridgehead atoms. The fourth-order valence-electron chi connectivity index (χ4n) is 3.15. The summed E-state index contributed by atoms with van der Waals surface area (Å²) in [5.41, 5.74) is 0.988. The summed E-state index contributed by atoms with van der Waals surface area (Å²) in [6.45, 7) is 14.6. The molecule has 26 heavy (non-hydrogen) atoms. The number of nitrogens with zero attached hydrogens (tertiary/aromatic N) is 3. The molecule has 1 saturated heterocycles. The van der Waals surface area contributed by atoms with E-state index in [1.54, 1.807) is 0 Å². The van der Waals surface area contributed by atoms with Crippen molar-refractivity contribution in [3.8, 4) is 0 Å². The van der Waals surface area contributed by atoms with E-state index in [1.807, 2.05) is 6.07 Å².